The number of nitrogens with zero attached hydrogens (tertiary/aromatic N) is 4. The largest absolute Gasteiger partial charge is 0.416 e. The number of anilines is 2. The van der Waals surface area contributed by atoms with E-state index in [1.165, 1.54) is 6.07 Å². The van der Waals surface area contributed by atoms with Crippen LogP contribution in [0.25, 0.3) is 0 Å². The number of rotatable bonds is 5. The van der Waals surface area contributed by atoms with E-state index in [9.17, 15) is 18.3 Å². The van der Waals surface area contributed by atoms with Crippen LogP contribution in [0.4, 0.5) is 24.9 Å². The first kappa shape index (κ1) is 21.4. The number of hydrogen-bond donors (Lipinski definition) is 1. The Hall–Kier alpha value is -2.35. The Morgan fingerprint density at radius 1 is 1.10 bits per heavy atom. The molecule has 0 amide bonds. The van der Waals surface area contributed by atoms with Crippen LogP contribution in [0.2, 0.25) is 0 Å². The second-order valence-corrected chi connectivity index (χ2v) is 7.44. The molecule has 0 spiro atoms. The third-order valence-electron chi connectivity index (χ3n) is 5.52. The average molecular weight is 408 g/mol. The number of hydrogen-bond acceptors (Lipinski definition) is 5. The second-order valence-electron chi connectivity index (χ2n) is 7.44. The van der Waals surface area contributed by atoms with Crippen molar-refractivity contribution in [3.8, 4) is 0 Å². The van der Waals surface area contributed by atoms with Gasteiger partial charge in [-0.1, -0.05) is 12.1 Å². The van der Waals surface area contributed by atoms with Crippen LogP contribution >= 0.6 is 0 Å². The minimum Gasteiger partial charge on any atom is -0.385 e. The predicted octanol–water partition coefficient (Wildman–Crippen LogP) is 4.14. The summed E-state index contributed by atoms with van der Waals surface area (Å²) >= 11 is 0. The van der Waals surface area contributed by atoms with Gasteiger partial charge in [0.1, 0.15) is 5.82 Å². The lowest BCUT2D eigenvalue weighted by Gasteiger charge is -2.39. The smallest absolute Gasteiger partial charge is 0.385 e. The predicted molar refractivity (Wildman–Crippen MR) is 107 cm³/mol. The van der Waals surface area contributed by atoms with Gasteiger partial charge in [0.2, 0.25) is 5.95 Å². The molecule has 5 nitrogen and oxygen atoms in total. The summed E-state index contributed by atoms with van der Waals surface area (Å²) in [5.41, 5.74) is -0.864. The van der Waals surface area contributed by atoms with Gasteiger partial charge in [-0.25, -0.2) is 4.98 Å². The summed E-state index contributed by atoms with van der Waals surface area (Å²) in [5.74, 6) is 1.45. The molecular weight excluding hydrogens is 381 g/mol. The molecule has 1 fully saturated rings. The summed E-state index contributed by atoms with van der Waals surface area (Å²) in [5, 5.41) is 11.0. The van der Waals surface area contributed by atoms with Crippen LogP contribution in [-0.2, 0) is 11.8 Å². The molecule has 0 bridgehead atoms. The first-order valence-corrected chi connectivity index (χ1v) is 9.92. The Kier molecular flexibility index (Phi) is 6.03. The number of piperidine rings is 1. The fourth-order valence-electron chi connectivity index (χ4n) is 3.74. The minimum absolute atomic E-state index is 0.306. The Bertz CT molecular complexity index is 844. The van der Waals surface area contributed by atoms with Gasteiger partial charge in [-0.15, -0.1) is 0 Å². The maximum atomic E-state index is 13.0. The molecule has 1 aromatic carbocycles. The number of alkyl halides is 3. The van der Waals surface area contributed by atoms with E-state index in [2.05, 4.69) is 28.7 Å². The topological polar surface area (TPSA) is 52.5 Å². The summed E-state index contributed by atoms with van der Waals surface area (Å²) in [6, 6.07) is 6.93. The van der Waals surface area contributed by atoms with Crippen molar-refractivity contribution in [2.24, 2.45) is 0 Å². The Morgan fingerprint density at radius 2 is 1.76 bits per heavy atom. The molecule has 3 rings (SSSR count). The maximum absolute atomic E-state index is 13.0. The Balaban J connectivity index is 1.79. The highest BCUT2D eigenvalue weighted by atomic mass is 19.4. The van der Waals surface area contributed by atoms with Crippen molar-refractivity contribution >= 4 is 11.8 Å². The molecule has 8 heteroatoms. The van der Waals surface area contributed by atoms with Crippen molar-refractivity contribution in [2.45, 2.75) is 45.4 Å². The van der Waals surface area contributed by atoms with Crippen molar-refractivity contribution in [2.75, 3.05) is 36.0 Å². The van der Waals surface area contributed by atoms with Crippen molar-refractivity contribution in [3.05, 3.63) is 47.2 Å². The van der Waals surface area contributed by atoms with Crippen LogP contribution in [0, 0.1) is 6.92 Å². The van der Waals surface area contributed by atoms with Gasteiger partial charge in [0.25, 0.3) is 0 Å². The van der Waals surface area contributed by atoms with E-state index in [1.54, 1.807) is 6.07 Å². The fourth-order valence-corrected chi connectivity index (χ4v) is 3.74. The first-order chi connectivity index (χ1) is 13.7. The number of aliphatic hydroxyl groups is 1. The normalized spacial score (nSPS) is 16.7. The first-order valence-electron chi connectivity index (χ1n) is 9.92. The number of aryl methyl sites for hydroxylation is 1. The van der Waals surface area contributed by atoms with E-state index >= 15 is 0 Å². The Labute approximate surface area is 169 Å². The molecule has 0 saturated carbocycles. The quantitative estimate of drug-likeness (QED) is 0.806. The van der Waals surface area contributed by atoms with Gasteiger partial charge < -0.3 is 14.9 Å². The molecule has 1 aliphatic rings. The van der Waals surface area contributed by atoms with Gasteiger partial charge in [-0.2, -0.15) is 18.2 Å². The van der Waals surface area contributed by atoms with Gasteiger partial charge >= 0.3 is 6.18 Å². The highest BCUT2D eigenvalue weighted by molar-refractivity contribution is 5.46. The molecule has 0 unspecified atom stereocenters. The summed E-state index contributed by atoms with van der Waals surface area (Å²) in [6.07, 6.45) is -3.80. The van der Waals surface area contributed by atoms with Crippen LogP contribution in [0.15, 0.2) is 30.3 Å². The van der Waals surface area contributed by atoms with E-state index in [0.717, 1.165) is 36.7 Å². The van der Waals surface area contributed by atoms with Crippen LogP contribution in [0.5, 0.6) is 0 Å². The molecule has 1 N–H and O–H groups in total. The van der Waals surface area contributed by atoms with Crippen LogP contribution in [0.1, 0.15) is 43.5 Å². The Morgan fingerprint density at radius 3 is 2.34 bits per heavy atom. The summed E-state index contributed by atoms with van der Waals surface area (Å²) < 4.78 is 39.1. The van der Waals surface area contributed by atoms with Crippen molar-refractivity contribution < 1.29 is 18.3 Å². The van der Waals surface area contributed by atoms with Gasteiger partial charge in [0, 0.05) is 37.9 Å². The molecule has 1 aromatic heterocycles. The molecule has 0 atom stereocenters. The maximum Gasteiger partial charge on any atom is 0.416 e. The average Bonchev–Trinajstić information content (AvgIpc) is 2.68. The van der Waals surface area contributed by atoms with E-state index in [1.807, 2.05) is 17.9 Å². The van der Waals surface area contributed by atoms with E-state index in [0.29, 0.717) is 37.4 Å². The second kappa shape index (κ2) is 8.18. The van der Waals surface area contributed by atoms with Crippen LogP contribution < -0.4 is 9.80 Å². The standard InChI is InChI=1S/C21H27F3N4O/c1-4-27(5-2)18-13-15(3)25-19(26-18)28-11-9-20(29,10-12-28)16-7-6-8-17(14-16)21(22,23)24/h6-8,13-14,29H,4-5,9-12H2,1-3H3. The summed E-state index contributed by atoms with van der Waals surface area (Å²) in [7, 11) is 0. The number of halogens is 3. The van der Waals surface area contributed by atoms with Crippen molar-refractivity contribution in [3.63, 3.8) is 0 Å². The molecular formula is C21H27F3N4O. The molecule has 2 aromatic rings. The third-order valence-corrected chi connectivity index (χ3v) is 5.52. The summed E-state index contributed by atoms with van der Waals surface area (Å²) in [6.45, 7) is 8.65. The molecule has 0 aliphatic carbocycles. The van der Waals surface area contributed by atoms with E-state index in [-0.39, 0.29) is 0 Å². The fraction of sp³-hybridized carbons (Fsp3) is 0.524. The molecule has 1 aliphatic heterocycles. The molecule has 0 radical (unpaired) electrons. The van der Waals surface area contributed by atoms with Crippen LogP contribution in [0.3, 0.4) is 0 Å². The van der Waals surface area contributed by atoms with Gasteiger partial charge in [0.05, 0.1) is 11.2 Å². The zero-order valence-electron chi connectivity index (χ0n) is 17.0. The molecule has 29 heavy (non-hydrogen) atoms. The van der Waals surface area contributed by atoms with Crippen LogP contribution in [-0.4, -0.2) is 41.3 Å². The van der Waals surface area contributed by atoms with E-state index in [4.69, 9.17) is 0 Å². The molecule has 2 heterocycles. The van der Waals surface area contributed by atoms with Gasteiger partial charge in [-0.05, 0) is 51.3 Å². The lowest BCUT2D eigenvalue weighted by atomic mass is 9.84. The molecule has 158 valence electrons. The summed E-state index contributed by atoms with van der Waals surface area (Å²) in [4.78, 5) is 13.3. The zero-order valence-corrected chi connectivity index (χ0v) is 17.0. The molecule has 1 saturated heterocycles. The van der Waals surface area contributed by atoms with Gasteiger partial charge in [0.15, 0.2) is 0 Å². The zero-order chi connectivity index (χ0) is 21.2. The number of aromatic nitrogens is 2. The van der Waals surface area contributed by atoms with E-state index < -0.39 is 17.3 Å². The SMILES string of the molecule is CCN(CC)c1cc(C)nc(N2CCC(O)(c3cccc(C(F)(F)F)c3)CC2)n1. The number of benzene rings is 1. The highest BCUT2D eigenvalue weighted by Crippen LogP contribution is 2.37. The third kappa shape index (κ3) is 4.63. The lowest BCUT2D eigenvalue weighted by molar-refractivity contribution is -0.137. The van der Waals surface area contributed by atoms with Crippen molar-refractivity contribution in [1.82, 2.24) is 9.97 Å². The van der Waals surface area contributed by atoms with Gasteiger partial charge in [-0.3, -0.25) is 0 Å². The monoisotopic (exact) mass is 408 g/mol. The van der Waals surface area contributed by atoms with Crippen molar-refractivity contribution in [1.29, 1.82) is 0 Å². The highest BCUT2D eigenvalue weighted by Gasteiger charge is 2.37. The minimum atomic E-state index is -4.43. The lowest BCUT2D eigenvalue weighted by Crippen LogP contribution is -2.43.